The maximum atomic E-state index is 12.6. The molecular weight excluding hydrogens is 268 g/mol. The second-order valence-corrected chi connectivity index (χ2v) is 5.65. The molecule has 2 heterocycles. The summed E-state index contributed by atoms with van der Waals surface area (Å²) in [5, 5.41) is 17.0. The van der Waals surface area contributed by atoms with Crippen LogP contribution in [0, 0.1) is 12.8 Å². The molecule has 2 aromatic heterocycles. The second kappa shape index (κ2) is 6.22. The second-order valence-electron chi connectivity index (χ2n) is 5.65. The number of aromatic nitrogens is 3. The predicted molar refractivity (Wildman–Crippen MR) is 81.0 cm³/mol. The van der Waals surface area contributed by atoms with E-state index in [9.17, 15) is 4.79 Å². The zero-order chi connectivity index (χ0) is 15.6. The Morgan fingerprint density at radius 1 is 1.48 bits per heavy atom. The number of rotatable bonds is 5. The van der Waals surface area contributed by atoms with Crippen LogP contribution in [0.1, 0.15) is 36.3 Å². The third kappa shape index (κ3) is 3.21. The molecule has 1 unspecified atom stereocenters. The fourth-order valence-electron chi connectivity index (χ4n) is 2.38. The molecule has 2 N–H and O–H groups in total. The van der Waals surface area contributed by atoms with Crippen molar-refractivity contribution in [2.75, 3.05) is 6.61 Å². The first-order chi connectivity index (χ1) is 9.93. The summed E-state index contributed by atoms with van der Waals surface area (Å²) in [7, 11) is 1.80. The van der Waals surface area contributed by atoms with Crippen molar-refractivity contribution in [1.29, 1.82) is 0 Å². The van der Waals surface area contributed by atoms with Gasteiger partial charge in [0.05, 0.1) is 17.1 Å². The topological polar surface area (TPSA) is 80.0 Å². The molecule has 0 radical (unpaired) electrons. The molecule has 21 heavy (non-hydrogen) atoms. The molecule has 1 amide bonds. The molecule has 1 atom stereocenters. The number of nitrogens with zero attached hydrogens (tertiary/aromatic N) is 3. The Morgan fingerprint density at radius 3 is 2.81 bits per heavy atom. The maximum absolute atomic E-state index is 12.6. The average molecular weight is 290 g/mol. The summed E-state index contributed by atoms with van der Waals surface area (Å²) in [5.74, 6) is 0.110. The summed E-state index contributed by atoms with van der Waals surface area (Å²) in [6, 6.07) is 1.72. The molecule has 114 valence electrons. The van der Waals surface area contributed by atoms with Crippen LogP contribution in [0.15, 0.2) is 12.3 Å². The fraction of sp³-hybridized carbons (Fsp3) is 0.533. The lowest BCUT2D eigenvalue weighted by Gasteiger charge is -2.21. The van der Waals surface area contributed by atoms with Crippen LogP contribution in [-0.2, 0) is 7.05 Å². The van der Waals surface area contributed by atoms with Gasteiger partial charge in [-0.1, -0.05) is 13.8 Å². The minimum Gasteiger partial charge on any atom is -0.396 e. The zero-order valence-corrected chi connectivity index (χ0v) is 12.9. The Balaban J connectivity index is 2.35. The van der Waals surface area contributed by atoms with Crippen LogP contribution in [0.2, 0.25) is 0 Å². The number of carbonyl (C=O) groups excluding carboxylic acids is 1. The van der Waals surface area contributed by atoms with Crippen molar-refractivity contribution in [2.45, 2.75) is 33.2 Å². The number of aliphatic hydroxyl groups excluding tert-OH is 1. The van der Waals surface area contributed by atoms with E-state index in [1.165, 1.54) is 0 Å². The van der Waals surface area contributed by atoms with Crippen LogP contribution >= 0.6 is 0 Å². The Kier molecular flexibility index (Phi) is 4.57. The number of aliphatic hydroxyl groups is 1. The van der Waals surface area contributed by atoms with Crippen molar-refractivity contribution in [3.63, 3.8) is 0 Å². The van der Waals surface area contributed by atoms with E-state index in [0.717, 1.165) is 11.1 Å². The summed E-state index contributed by atoms with van der Waals surface area (Å²) in [6.07, 6.45) is 2.21. The number of fused-ring (bicyclic) bond motifs is 1. The number of hydrogen-bond acceptors (Lipinski definition) is 4. The number of amides is 1. The molecule has 0 aromatic carbocycles. The highest BCUT2D eigenvalue weighted by Crippen LogP contribution is 2.18. The van der Waals surface area contributed by atoms with E-state index < -0.39 is 0 Å². The van der Waals surface area contributed by atoms with E-state index in [1.807, 2.05) is 20.8 Å². The van der Waals surface area contributed by atoms with E-state index in [4.69, 9.17) is 5.11 Å². The third-order valence-electron chi connectivity index (χ3n) is 3.64. The Hall–Kier alpha value is -1.95. The van der Waals surface area contributed by atoms with Gasteiger partial charge in [-0.2, -0.15) is 5.10 Å². The lowest BCUT2D eigenvalue weighted by molar-refractivity contribution is 0.0918. The highest BCUT2D eigenvalue weighted by molar-refractivity contribution is 6.05. The molecule has 0 bridgehead atoms. The van der Waals surface area contributed by atoms with Crippen LogP contribution in [0.3, 0.4) is 0 Å². The molecule has 6 nitrogen and oxygen atoms in total. The SMILES string of the molecule is Cc1cc(C(=O)NC(CCO)C(C)C)c2cnn(C)c2n1. The first-order valence-electron chi connectivity index (χ1n) is 7.15. The summed E-state index contributed by atoms with van der Waals surface area (Å²) in [6.45, 7) is 5.97. The van der Waals surface area contributed by atoms with E-state index in [1.54, 1.807) is 24.0 Å². The summed E-state index contributed by atoms with van der Waals surface area (Å²) in [4.78, 5) is 17.0. The number of hydrogen-bond donors (Lipinski definition) is 2. The molecule has 0 saturated carbocycles. The van der Waals surface area contributed by atoms with Gasteiger partial charge in [0.2, 0.25) is 0 Å². The number of carbonyl (C=O) groups is 1. The smallest absolute Gasteiger partial charge is 0.252 e. The molecule has 0 fully saturated rings. The standard InChI is InChI=1S/C15H22N4O2/c1-9(2)13(5-6-20)18-15(21)11-7-10(3)17-14-12(11)8-16-19(14)4/h7-9,13,20H,5-6H2,1-4H3,(H,18,21). The molecule has 0 saturated heterocycles. The largest absolute Gasteiger partial charge is 0.396 e. The normalized spacial score (nSPS) is 12.9. The van der Waals surface area contributed by atoms with Gasteiger partial charge in [-0.25, -0.2) is 4.98 Å². The van der Waals surface area contributed by atoms with Crippen molar-refractivity contribution in [1.82, 2.24) is 20.1 Å². The highest BCUT2D eigenvalue weighted by atomic mass is 16.3. The summed E-state index contributed by atoms with van der Waals surface area (Å²) in [5.41, 5.74) is 2.05. The Bertz CT molecular complexity index is 648. The van der Waals surface area contributed by atoms with Gasteiger partial charge in [0, 0.05) is 25.4 Å². The number of nitrogens with one attached hydrogen (secondary N) is 1. The summed E-state index contributed by atoms with van der Waals surface area (Å²) < 4.78 is 1.66. The minimum absolute atomic E-state index is 0.0531. The molecule has 0 aliphatic carbocycles. The first-order valence-corrected chi connectivity index (χ1v) is 7.15. The van der Waals surface area contributed by atoms with Crippen LogP contribution in [-0.4, -0.2) is 38.4 Å². The van der Waals surface area contributed by atoms with E-state index in [-0.39, 0.29) is 24.5 Å². The monoisotopic (exact) mass is 290 g/mol. The van der Waals surface area contributed by atoms with Crippen molar-refractivity contribution in [3.8, 4) is 0 Å². The van der Waals surface area contributed by atoms with Crippen LogP contribution in [0.5, 0.6) is 0 Å². The van der Waals surface area contributed by atoms with Crippen LogP contribution in [0.4, 0.5) is 0 Å². The van der Waals surface area contributed by atoms with Crippen LogP contribution < -0.4 is 5.32 Å². The molecule has 0 spiro atoms. The van der Waals surface area contributed by atoms with Gasteiger partial charge in [0.15, 0.2) is 5.65 Å². The minimum atomic E-state index is -0.148. The van der Waals surface area contributed by atoms with Gasteiger partial charge in [-0.3, -0.25) is 9.48 Å². The molecule has 0 aliphatic rings. The third-order valence-corrected chi connectivity index (χ3v) is 3.64. The molecule has 6 heteroatoms. The van der Waals surface area contributed by atoms with Crippen molar-refractivity contribution in [2.24, 2.45) is 13.0 Å². The number of aryl methyl sites for hydroxylation is 2. The fourth-order valence-corrected chi connectivity index (χ4v) is 2.38. The predicted octanol–water partition coefficient (Wildman–Crippen LogP) is 1.41. The first kappa shape index (κ1) is 15.4. The van der Waals surface area contributed by atoms with Gasteiger partial charge >= 0.3 is 0 Å². The maximum Gasteiger partial charge on any atom is 0.252 e. The molecule has 2 rings (SSSR count). The highest BCUT2D eigenvalue weighted by Gasteiger charge is 2.20. The van der Waals surface area contributed by atoms with Crippen molar-refractivity contribution in [3.05, 3.63) is 23.5 Å². The number of pyridine rings is 1. The molecule has 2 aromatic rings. The van der Waals surface area contributed by atoms with Gasteiger partial charge in [0.25, 0.3) is 5.91 Å². The van der Waals surface area contributed by atoms with Crippen molar-refractivity contribution < 1.29 is 9.90 Å². The van der Waals surface area contributed by atoms with Gasteiger partial charge in [-0.15, -0.1) is 0 Å². The van der Waals surface area contributed by atoms with Gasteiger partial charge < -0.3 is 10.4 Å². The zero-order valence-electron chi connectivity index (χ0n) is 12.9. The Labute approximate surface area is 124 Å². The Morgan fingerprint density at radius 2 is 2.19 bits per heavy atom. The lowest BCUT2D eigenvalue weighted by atomic mass is 10.0. The quantitative estimate of drug-likeness (QED) is 0.872. The molecular formula is C15H22N4O2. The van der Waals surface area contributed by atoms with E-state index >= 15 is 0 Å². The molecule has 0 aliphatic heterocycles. The summed E-state index contributed by atoms with van der Waals surface area (Å²) >= 11 is 0. The van der Waals surface area contributed by atoms with Crippen LogP contribution in [0.25, 0.3) is 11.0 Å². The van der Waals surface area contributed by atoms with Crippen molar-refractivity contribution >= 4 is 16.9 Å². The lowest BCUT2D eigenvalue weighted by Crippen LogP contribution is -2.39. The average Bonchev–Trinajstić information content (AvgIpc) is 2.79. The van der Waals surface area contributed by atoms with Gasteiger partial charge in [0.1, 0.15) is 0 Å². The van der Waals surface area contributed by atoms with E-state index in [2.05, 4.69) is 15.4 Å². The van der Waals surface area contributed by atoms with Gasteiger partial charge in [-0.05, 0) is 25.3 Å². The van der Waals surface area contributed by atoms with E-state index in [0.29, 0.717) is 17.6 Å².